The zero-order valence-electron chi connectivity index (χ0n) is 9.67. The molecule has 1 atom stereocenters. The molecule has 2 aromatic rings. The topological polar surface area (TPSA) is 67.6 Å². The molecule has 0 aliphatic carbocycles. The molecule has 4 nitrogen and oxygen atoms in total. The van der Waals surface area contributed by atoms with E-state index in [1.54, 1.807) is 12.5 Å². The van der Waals surface area contributed by atoms with Crippen molar-refractivity contribution in [2.24, 2.45) is 5.73 Å². The minimum atomic E-state index is -0.0590. The first kappa shape index (κ1) is 11.4. The lowest BCUT2D eigenvalue weighted by Gasteiger charge is -2.10. The summed E-state index contributed by atoms with van der Waals surface area (Å²) in [7, 11) is 0. The second-order valence-electron chi connectivity index (χ2n) is 3.98. The fourth-order valence-corrected chi connectivity index (χ4v) is 1.72. The summed E-state index contributed by atoms with van der Waals surface area (Å²) >= 11 is 0. The molecule has 0 fully saturated rings. The van der Waals surface area contributed by atoms with Gasteiger partial charge in [0.2, 0.25) is 0 Å². The normalized spacial score (nSPS) is 12.1. The van der Waals surface area contributed by atoms with Crippen LogP contribution in [0.25, 0.3) is 5.69 Å². The molecule has 0 amide bonds. The number of aromatic nitrogens is 2. The number of hydrogen-bond donors (Lipinski definition) is 1. The second-order valence-corrected chi connectivity index (χ2v) is 3.98. The Bertz CT molecular complexity index is 531. The molecular formula is C13H14N4. The third-order valence-electron chi connectivity index (χ3n) is 2.63. The first-order valence-corrected chi connectivity index (χ1v) is 5.46. The zero-order chi connectivity index (χ0) is 12.3. The van der Waals surface area contributed by atoms with Crippen molar-refractivity contribution in [3.8, 4) is 11.8 Å². The van der Waals surface area contributed by atoms with E-state index in [0.717, 1.165) is 16.9 Å². The fraction of sp³-hybridized carbons (Fsp3) is 0.231. The van der Waals surface area contributed by atoms with Crippen LogP contribution in [0.5, 0.6) is 0 Å². The highest BCUT2D eigenvalue weighted by Crippen LogP contribution is 2.16. The maximum absolute atomic E-state index is 8.61. The van der Waals surface area contributed by atoms with Gasteiger partial charge in [0, 0.05) is 11.7 Å². The Balaban J connectivity index is 2.34. The van der Waals surface area contributed by atoms with Crippen LogP contribution in [-0.2, 0) is 6.42 Å². The SMILES string of the molecule is C[C@H](N)c1cncn1-c1ccc(CC#N)cc1. The number of benzene rings is 1. The van der Waals surface area contributed by atoms with Crippen molar-refractivity contribution in [2.45, 2.75) is 19.4 Å². The fourth-order valence-electron chi connectivity index (χ4n) is 1.72. The van der Waals surface area contributed by atoms with Crippen molar-refractivity contribution in [1.29, 1.82) is 5.26 Å². The zero-order valence-corrected chi connectivity index (χ0v) is 9.67. The molecule has 0 radical (unpaired) electrons. The molecule has 4 heteroatoms. The van der Waals surface area contributed by atoms with Crippen LogP contribution < -0.4 is 5.73 Å². The van der Waals surface area contributed by atoms with Crippen LogP contribution in [0.15, 0.2) is 36.8 Å². The number of nitriles is 1. The van der Waals surface area contributed by atoms with Crippen molar-refractivity contribution in [2.75, 3.05) is 0 Å². The highest BCUT2D eigenvalue weighted by atomic mass is 15.1. The molecule has 1 heterocycles. The maximum atomic E-state index is 8.61. The van der Waals surface area contributed by atoms with Crippen molar-refractivity contribution < 1.29 is 0 Å². The molecule has 1 aromatic heterocycles. The molecular weight excluding hydrogens is 212 g/mol. The predicted molar refractivity (Wildman–Crippen MR) is 65.5 cm³/mol. The monoisotopic (exact) mass is 226 g/mol. The van der Waals surface area contributed by atoms with E-state index in [0.29, 0.717) is 6.42 Å². The van der Waals surface area contributed by atoms with Gasteiger partial charge in [-0.15, -0.1) is 0 Å². The predicted octanol–water partition coefficient (Wildman–Crippen LogP) is 1.96. The van der Waals surface area contributed by atoms with E-state index in [9.17, 15) is 0 Å². The van der Waals surface area contributed by atoms with Gasteiger partial charge in [0.25, 0.3) is 0 Å². The molecule has 86 valence electrons. The molecule has 2 N–H and O–H groups in total. The molecule has 0 unspecified atom stereocenters. The molecule has 1 aromatic carbocycles. The van der Waals surface area contributed by atoms with Gasteiger partial charge in [-0.2, -0.15) is 5.26 Å². The summed E-state index contributed by atoms with van der Waals surface area (Å²) in [6.45, 7) is 1.93. The Morgan fingerprint density at radius 1 is 1.41 bits per heavy atom. The summed E-state index contributed by atoms with van der Waals surface area (Å²) in [5.74, 6) is 0. The number of nitrogens with zero attached hydrogens (tertiary/aromatic N) is 3. The quantitative estimate of drug-likeness (QED) is 0.869. The van der Waals surface area contributed by atoms with Gasteiger partial charge < -0.3 is 10.3 Å². The molecule has 0 saturated carbocycles. The van der Waals surface area contributed by atoms with Gasteiger partial charge in [-0.1, -0.05) is 12.1 Å². The summed E-state index contributed by atoms with van der Waals surface area (Å²) in [5.41, 5.74) is 8.86. The lowest BCUT2D eigenvalue weighted by molar-refractivity contribution is 0.752. The number of rotatable bonds is 3. The molecule has 0 spiro atoms. The average molecular weight is 226 g/mol. The third kappa shape index (κ3) is 2.35. The maximum Gasteiger partial charge on any atom is 0.0994 e. The summed E-state index contributed by atoms with van der Waals surface area (Å²) < 4.78 is 1.96. The van der Waals surface area contributed by atoms with Gasteiger partial charge >= 0.3 is 0 Å². The van der Waals surface area contributed by atoms with E-state index < -0.39 is 0 Å². The Morgan fingerprint density at radius 2 is 2.12 bits per heavy atom. The standard InChI is InChI=1S/C13H14N4/c1-10(15)13-8-16-9-17(13)12-4-2-11(3-5-12)6-7-14/h2-5,8-10H,6,15H2,1H3/t10-/m0/s1. The summed E-state index contributed by atoms with van der Waals surface area (Å²) in [6, 6.07) is 9.91. The van der Waals surface area contributed by atoms with Crippen LogP contribution >= 0.6 is 0 Å². The Kier molecular flexibility index (Phi) is 3.22. The van der Waals surface area contributed by atoms with Gasteiger partial charge in [0.15, 0.2) is 0 Å². The van der Waals surface area contributed by atoms with Crippen LogP contribution in [0.3, 0.4) is 0 Å². The highest BCUT2D eigenvalue weighted by Gasteiger charge is 2.07. The minimum absolute atomic E-state index is 0.0590. The van der Waals surface area contributed by atoms with E-state index in [-0.39, 0.29) is 6.04 Å². The van der Waals surface area contributed by atoms with Crippen LogP contribution in [0.1, 0.15) is 24.2 Å². The van der Waals surface area contributed by atoms with E-state index in [1.807, 2.05) is 35.8 Å². The Hall–Kier alpha value is -2.12. The van der Waals surface area contributed by atoms with Crippen molar-refractivity contribution in [3.05, 3.63) is 48.0 Å². The van der Waals surface area contributed by atoms with E-state index in [4.69, 9.17) is 11.0 Å². The third-order valence-corrected chi connectivity index (χ3v) is 2.63. The summed E-state index contributed by atoms with van der Waals surface area (Å²) in [5, 5.41) is 8.61. The van der Waals surface area contributed by atoms with Crippen molar-refractivity contribution in [1.82, 2.24) is 9.55 Å². The summed E-state index contributed by atoms with van der Waals surface area (Å²) in [6.07, 6.45) is 3.95. The number of hydrogen-bond acceptors (Lipinski definition) is 3. The second kappa shape index (κ2) is 4.81. The Morgan fingerprint density at radius 3 is 2.71 bits per heavy atom. The van der Waals surface area contributed by atoms with Gasteiger partial charge in [-0.3, -0.25) is 0 Å². The molecule has 17 heavy (non-hydrogen) atoms. The van der Waals surface area contributed by atoms with Crippen molar-refractivity contribution in [3.63, 3.8) is 0 Å². The smallest absolute Gasteiger partial charge is 0.0994 e. The lowest BCUT2D eigenvalue weighted by Crippen LogP contribution is -2.10. The minimum Gasteiger partial charge on any atom is -0.323 e. The van der Waals surface area contributed by atoms with Gasteiger partial charge in [-0.25, -0.2) is 4.98 Å². The van der Waals surface area contributed by atoms with E-state index in [1.165, 1.54) is 0 Å². The van der Waals surface area contributed by atoms with Crippen molar-refractivity contribution >= 4 is 0 Å². The lowest BCUT2D eigenvalue weighted by atomic mass is 10.1. The molecule has 0 saturated heterocycles. The highest BCUT2D eigenvalue weighted by molar-refractivity contribution is 5.37. The number of imidazole rings is 1. The Labute approximate surface area is 100 Å². The van der Waals surface area contributed by atoms with Crippen LogP contribution in [-0.4, -0.2) is 9.55 Å². The molecule has 2 rings (SSSR count). The first-order valence-electron chi connectivity index (χ1n) is 5.46. The molecule has 0 aliphatic rings. The van der Waals surface area contributed by atoms with Crippen LogP contribution in [0.4, 0.5) is 0 Å². The van der Waals surface area contributed by atoms with E-state index in [2.05, 4.69) is 11.1 Å². The van der Waals surface area contributed by atoms with Crippen LogP contribution in [0.2, 0.25) is 0 Å². The van der Waals surface area contributed by atoms with Gasteiger partial charge in [0.05, 0.1) is 30.7 Å². The van der Waals surface area contributed by atoms with E-state index >= 15 is 0 Å². The van der Waals surface area contributed by atoms with Gasteiger partial charge in [-0.05, 0) is 24.6 Å². The van der Waals surface area contributed by atoms with Crippen LogP contribution in [0, 0.1) is 11.3 Å². The first-order chi connectivity index (χ1) is 8.22. The van der Waals surface area contributed by atoms with Gasteiger partial charge in [0.1, 0.15) is 0 Å². The number of nitrogens with two attached hydrogens (primary N) is 1. The molecule has 0 bridgehead atoms. The average Bonchev–Trinajstić information content (AvgIpc) is 2.79. The molecule has 0 aliphatic heterocycles. The summed E-state index contributed by atoms with van der Waals surface area (Å²) in [4.78, 5) is 4.11. The largest absolute Gasteiger partial charge is 0.323 e.